The lowest BCUT2D eigenvalue weighted by atomic mass is 10.2. The standard InChI is InChI=1S/C21H16ClFN4O/c1-13-18(12-24-20(25-13)15-6-4-7-16(23)9-15)21(28)26-27-17(11-22)10-14-5-2-3-8-19(14)27/h2-10,12H,11H2,1H3,(H,26,28). The van der Waals surface area contributed by atoms with Crippen LogP contribution in [-0.2, 0) is 5.88 Å². The third-order valence-corrected chi connectivity index (χ3v) is 4.72. The molecule has 7 heteroatoms. The first-order valence-electron chi connectivity index (χ1n) is 8.63. The molecule has 0 bridgehead atoms. The molecule has 2 aromatic carbocycles. The SMILES string of the molecule is Cc1nc(-c2cccc(F)c2)ncc1C(=O)Nn1c(CCl)cc2ccccc21. The Labute approximate surface area is 165 Å². The minimum Gasteiger partial charge on any atom is -0.267 e. The number of alkyl halides is 1. The molecule has 5 nitrogen and oxygen atoms in total. The average Bonchev–Trinajstić information content (AvgIpc) is 3.05. The Morgan fingerprint density at radius 2 is 2.00 bits per heavy atom. The van der Waals surface area contributed by atoms with Crippen molar-refractivity contribution < 1.29 is 9.18 Å². The Morgan fingerprint density at radius 3 is 2.75 bits per heavy atom. The molecule has 0 aliphatic rings. The van der Waals surface area contributed by atoms with E-state index in [-0.39, 0.29) is 17.6 Å². The summed E-state index contributed by atoms with van der Waals surface area (Å²) in [5, 5.41) is 0.980. The van der Waals surface area contributed by atoms with E-state index in [1.807, 2.05) is 30.3 Å². The van der Waals surface area contributed by atoms with Crippen LogP contribution in [0, 0.1) is 12.7 Å². The smallest absolute Gasteiger partial charge is 0.267 e. The van der Waals surface area contributed by atoms with Gasteiger partial charge in [0.05, 0.1) is 28.3 Å². The van der Waals surface area contributed by atoms with Crippen molar-refractivity contribution in [2.24, 2.45) is 0 Å². The molecule has 0 radical (unpaired) electrons. The molecule has 0 saturated heterocycles. The van der Waals surface area contributed by atoms with Crippen molar-refractivity contribution in [1.82, 2.24) is 14.6 Å². The molecule has 1 N–H and O–H groups in total. The van der Waals surface area contributed by atoms with Crippen molar-refractivity contribution in [2.45, 2.75) is 12.8 Å². The van der Waals surface area contributed by atoms with E-state index in [2.05, 4.69) is 15.4 Å². The maximum absolute atomic E-state index is 13.4. The van der Waals surface area contributed by atoms with Gasteiger partial charge in [-0.3, -0.25) is 14.9 Å². The highest BCUT2D eigenvalue weighted by Crippen LogP contribution is 2.21. The molecule has 4 aromatic rings. The highest BCUT2D eigenvalue weighted by atomic mass is 35.5. The van der Waals surface area contributed by atoms with E-state index in [0.29, 0.717) is 22.6 Å². The van der Waals surface area contributed by atoms with Gasteiger partial charge in [0.25, 0.3) is 5.91 Å². The van der Waals surface area contributed by atoms with Crippen LogP contribution in [-0.4, -0.2) is 20.6 Å². The molecule has 0 fully saturated rings. The second kappa shape index (κ2) is 7.40. The van der Waals surface area contributed by atoms with Gasteiger partial charge in [0, 0.05) is 17.1 Å². The minimum atomic E-state index is -0.367. The predicted octanol–water partition coefficient (Wildman–Crippen LogP) is 4.67. The van der Waals surface area contributed by atoms with Crippen LogP contribution in [0.3, 0.4) is 0 Å². The van der Waals surface area contributed by atoms with Crippen molar-refractivity contribution in [1.29, 1.82) is 0 Å². The summed E-state index contributed by atoms with van der Waals surface area (Å²) in [6.45, 7) is 1.72. The summed E-state index contributed by atoms with van der Waals surface area (Å²) in [6.07, 6.45) is 1.45. The molecule has 0 aliphatic carbocycles. The highest BCUT2D eigenvalue weighted by molar-refractivity contribution is 6.17. The minimum absolute atomic E-state index is 0.253. The van der Waals surface area contributed by atoms with E-state index in [0.717, 1.165) is 16.6 Å². The largest absolute Gasteiger partial charge is 0.273 e. The lowest BCUT2D eigenvalue weighted by Gasteiger charge is -2.12. The van der Waals surface area contributed by atoms with Gasteiger partial charge >= 0.3 is 0 Å². The second-order valence-electron chi connectivity index (χ2n) is 6.31. The maximum Gasteiger partial charge on any atom is 0.273 e. The zero-order valence-electron chi connectivity index (χ0n) is 15.0. The summed E-state index contributed by atoms with van der Waals surface area (Å²) in [5.74, 6) is -0.103. The third kappa shape index (κ3) is 3.34. The van der Waals surface area contributed by atoms with Gasteiger partial charge in [0.1, 0.15) is 5.82 Å². The molecular formula is C21H16ClFN4O. The number of halogens is 2. The molecular weight excluding hydrogens is 379 g/mol. The maximum atomic E-state index is 13.4. The fourth-order valence-electron chi connectivity index (χ4n) is 3.06. The molecule has 0 aliphatic heterocycles. The third-order valence-electron chi connectivity index (χ3n) is 4.44. The number of aromatic nitrogens is 3. The number of carbonyl (C=O) groups is 1. The normalized spacial score (nSPS) is 11.0. The highest BCUT2D eigenvalue weighted by Gasteiger charge is 2.16. The van der Waals surface area contributed by atoms with Crippen LogP contribution >= 0.6 is 11.6 Å². The van der Waals surface area contributed by atoms with Gasteiger partial charge in [-0.15, -0.1) is 11.6 Å². The summed E-state index contributed by atoms with van der Waals surface area (Å²) >= 11 is 6.04. The van der Waals surface area contributed by atoms with Crippen LogP contribution in [0.2, 0.25) is 0 Å². The van der Waals surface area contributed by atoms with E-state index in [1.54, 1.807) is 23.7 Å². The van der Waals surface area contributed by atoms with Crippen LogP contribution in [0.15, 0.2) is 60.8 Å². The van der Waals surface area contributed by atoms with Crippen LogP contribution in [0.5, 0.6) is 0 Å². The summed E-state index contributed by atoms with van der Waals surface area (Å²) in [7, 11) is 0. The number of aryl methyl sites for hydroxylation is 1. The van der Waals surface area contributed by atoms with Crippen molar-refractivity contribution in [3.8, 4) is 11.4 Å². The van der Waals surface area contributed by atoms with Crippen LogP contribution in [0.4, 0.5) is 4.39 Å². The predicted molar refractivity (Wildman–Crippen MR) is 107 cm³/mol. The second-order valence-corrected chi connectivity index (χ2v) is 6.57. The van der Waals surface area contributed by atoms with Crippen LogP contribution in [0.25, 0.3) is 22.3 Å². The molecule has 2 heterocycles. The summed E-state index contributed by atoms with van der Waals surface area (Å²) < 4.78 is 15.1. The van der Waals surface area contributed by atoms with Crippen molar-refractivity contribution in [3.63, 3.8) is 0 Å². The summed E-state index contributed by atoms with van der Waals surface area (Å²) in [6, 6.07) is 15.6. The number of para-hydroxylation sites is 1. The van der Waals surface area contributed by atoms with E-state index in [4.69, 9.17) is 11.6 Å². The van der Waals surface area contributed by atoms with Gasteiger partial charge in [0.2, 0.25) is 0 Å². The lowest BCUT2D eigenvalue weighted by molar-refractivity contribution is 0.101. The fraction of sp³-hybridized carbons (Fsp3) is 0.0952. The lowest BCUT2D eigenvalue weighted by Crippen LogP contribution is -2.25. The quantitative estimate of drug-likeness (QED) is 0.512. The zero-order chi connectivity index (χ0) is 19.7. The van der Waals surface area contributed by atoms with Gasteiger partial charge in [-0.05, 0) is 31.2 Å². The number of rotatable bonds is 4. The first-order chi connectivity index (χ1) is 13.6. The van der Waals surface area contributed by atoms with Gasteiger partial charge in [-0.1, -0.05) is 30.3 Å². The molecule has 1 amide bonds. The van der Waals surface area contributed by atoms with Gasteiger partial charge in [-0.2, -0.15) is 0 Å². The molecule has 0 spiro atoms. The first kappa shape index (κ1) is 18.1. The Bertz CT molecular complexity index is 1190. The van der Waals surface area contributed by atoms with E-state index in [1.165, 1.54) is 18.3 Å². The summed E-state index contributed by atoms with van der Waals surface area (Å²) in [5.41, 5.74) is 5.86. The molecule has 2 aromatic heterocycles. The molecule has 28 heavy (non-hydrogen) atoms. The number of carbonyl (C=O) groups excluding carboxylic acids is 1. The zero-order valence-corrected chi connectivity index (χ0v) is 15.7. The number of nitrogens with one attached hydrogen (secondary N) is 1. The molecule has 0 saturated carbocycles. The monoisotopic (exact) mass is 394 g/mol. The van der Waals surface area contributed by atoms with Gasteiger partial charge in [-0.25, -0.2) is 14.4 Å². The Morgan fingerprint density at radius 1 is 1.18 bits per heavy atom. The van der Waals surface area contributed by atoms with E-state index >= 15 is 0 Å². The Balaban J connectivity index is 1.66. The van der Waals surface area contributed by atoms with Gasteiger partial charge in [0.15, 0.2) is 5.82 Å². The topological polar surface area (TPSA) is 59.8 Å². The Kier molecular flexibility index (Phi) is 4.79. The number of hydrogen-bond acceptors (Lipinski definition) is 3. The summed E-state index contributed by atoms with van der Waals surface area (Å²) in [4.78, 5) is 21.4. The number of hydrogen-bond donors (Lipinski definition) is 1. The number of nitrogens with zero attached hydrogens (tertiary/aromatic N) is 3. The van der Waals surface area contributed by atoms with Crippen LogP contribution < -0.4 is 5.43 Å². The first-order valence-corrected chi connectivity index (χ1v) is 9.16. The molecule has 0 unspecified atom stereocenters. The average molecular weight is 395 g/mol. The molecule has 140 valence electrons. The number of benzene rings is 2. The molecule has 0 atom stereocenters. The van der Waals surface area contributed by atoms with Crippen molar-refractivity contribution >= 4 is 28.4 Å². The van der Waals surface area contributed by atoms with Crippen LogP contribution in [0.1, 0.15) is 21.7 Å². The Hall–Kier alpha value is -3.25. The number of amides is 1. The van der Waals surface area contributed by atoms with E-state index in [9.17, 15) is 9.18 Å². The van der Waals surface area contributed by atoms with E-state index < -0.39 is 0 Å². The molecule has 4 rings (SSSR count). The van der Waals surface area contributed by atoms with Crippen molar-refractivity contribution in [2.75, 3.05) is 5.43 Å². The van der Waals surface area contributed by atoms with Gasteiger partial charge < -0.3 is 0 Å². The number of fused-ring (bicyclic) bond motifs is 1. The van der Waals surface area contributed by atoms with Crippen molar-refractivity contribution in [3.05, 3.63) is 83.6 Å². The fourth-order valence-corrected chi connectivity index (χ4v) is 3.26.